The van der Waals surface area contributed by atoms with E-state index in [-0.39, 0.29) is 51.4 Å². The smallest absolute Gasteiger partial charge is 0.545 e. The van der Waals surface area contributed by atoms with Crippen LogP contribution in [0.25, 0.3) is 0 Å². The number of rotatable bonds is 1. The fourth-order valence-corrected chi connectivity index (χ4v) is 1.14. The summed E-state index contributed by atoms with van der Waals surface area (Å²) in [5.74, 6) is -1.10. The van der Waals surface area contributed by atoms with Gasteiger partial charge in [-0.1, -0.05) is 18.2 Å². The molecule has 70 valence electrons. The third-order valence-corrected chi connectivity index (χ3v) is 1.69. The largest absolute Gasteiger partial charge is 1.00 e. The summed E-state index contributed by atoms with van der Waals surface area (Å²) in [6.07, 6.45) is 0. The van der Waals surface area contributed by atoms with E-state index < -0.39 is 5.97 Å². The van der Waals surface area contributed by atoms with Crippen LogP contribution in [0.3, 0.4) is 0 Å². The van der Waals surface area contributed by atoms with E-state index in [2.05, 4.69) is 13.2 Å². The Hall–Kier alpha value is 0.0664. The van der Waals surface area contributed by atoms with Crippen LogP contribution in [0.2, 0.25) is 0 Å². The summed E-state index contributed by atoms with van der Waals surface area (Å²) in [5.41, 5.74) is 1.82. The van der Waals surface area contributed by atoms with Gasteiger partial charge in [0.25, 0.3) is 0 Å². The van der Waals surface area contributed by atoms with Crippen molar-refractivity contribution in [3.05, 3.63) is 48.0 Å². The molecule has 0 N–H and O–H groups in total. The molecule has 0 spiro atoms. The molecule has 0 heterocycles. The Morgan fingerprint density at radius 3 is 1.79 bits per heavy atom. The van der Waals surface area contributed by atoms with E-state index >= 15 is 0 Å². The maximum atomic E-state index is 10.5. The van der Waals surface area contributed by atoms with Crippen molar-refractivity contribution < 1.29 is 61.3 Å². The molecule has 0 atom stereocenters. The molecule has 0 unspecified atom stereocenters. The molecule has 14 heavy (non-hydrogen) atoms. The maximum Gasteiger partial charge on any atom is 1.00 e. The summed E-state index contributed by atoms with van der Waals surface area (Å²) in [7, 11) is 0. The minimum absolute atomic E-state index is 0. The molecule has 0 aliphatic heterocycles. The molecule has 0 aliphatic rings. The minimum atomic E-state index is -1.10. The van der Waals surface area contributed by atoms with Gasteiger partial charge in [-0.15, -0.1) is 13.2 Å². The first kappa shape index (κ1) is 16.5. The van der Waals surface area contributed by atoms with Gasteiger partial charge in [0.1, 0.15) is 0 Å². The fourth-order valence-electron chi connectivity index (χ4n) is 1.14. The van der Waals surface area contributed by atoms with E-state index in [0.717, 1.165) is 11.1 Å². The molecule has 1 aromatic carbocycles. The molecular formula is C11H13KO2. The van der Waals surface area contributed by atoms with Gasteiger partial charge in [0.2, 0.25) is 0 Å². The molecule has 0 saturated carbocycles. The van der Waals surface area contributed by atoms with Crippen molar-refractivity contribution in [3.8, 4) is 0 Å². The van der Waals surface area contributed by atoms with Gasteiger partial charge in [-0.3, -0.25) is 0 Å². The number of carboxylic acid groups (broad SMARTS) is 1. The first-order chi connectivity index (χ1) is 6.13. The standard InChI is InChI=1S/C9H10O2.C2H4.K/c1-6-4-3-5-7(2)8(6)9(10)11;1-2;/h3-5H,1-2H3,(H,10,11);1-2H2;/q;;+1/p-1. The van der Waals surface area contributed by atoms with E-state index in [1.807, 2.05) is 6.07 Å². The van der Waals surface area contributed by atoms with Crippen LogP contribution in [-0.2, 0) is 0 Å². The van der Waals surface area contributed by atoms with Crippen LogP contribution >= 0.6 is 0 Å². The first-order valence-corrected chi connectivity index (χ1v) is 3.90. The first-order valence-electron chi connectivity index (χ1n) is 3.90. The number of hydrogen-bond acceptors (Lipinski definition) is 2. The van der Waals surface area contributed by atoms with Gasteiger partial charge >= 0.3 is 51.4 Å². The van der Waals surface area contributed by atoms with Gasteiger partial charge in [0, 0.05) is 5.56 Å². The zero-order valence-corrected chi connectivity index (χ0v) is 12.1. The van der Waals surface area contributed by atoms with Crippen LogP contribution < -0.4 is 56.5 Å². The third kappa shape index (κ3) is 4.53. The minimum Gasteiger partial charge on any atom is -0.545 e. The van der Waals surface area contributed by atoms with Gasteiger partial charge in [-0.25, -0.2) is 0 Å². The van der Waals surface area contributed by atoms with Gasteiger partial charge in [0.15, 0.2) is 0 Å². The van der Waals surface area contributed by atoms with Crippen molar-refractivity contribution in [3.63, 3.8) is 0 Å². The van der Waals surface area contributed by atoms with E-state index in [1.54, 1.807) is 26.0 Å². The molecule has 0 fully saturated rings. The molecule has 0 bridgehead atoms. The predicted octanol–water partition coefficient (Wildman–Crippen LogP) is -1.53. The number of benzene rings is 1. The Balaban J connectivity index is 0. The average molecular weight is 216 g/mol. The molecule has 1 rings (SSSR count). The second-order valence-corrected chi connectivity index (χ2v) is 2.55. The summed E-state index contributed by atoms with van der Waals surface area (Å²) in [5, 5.41) is 10.5. The Morgan fingerprint density at radius 2 is 1.57 bits per heavy atom. The number of carboxylic acids is 1. The van der Waals surface area contributed by atoms with E-state index in [4.69, 9.17) is 0 Å². The van der Waals surface area contributed by atoms with Gasteiger partial charge in [-0.05, 0) is 25.0 Å². The zero-order chi connectivity index (χ0) is 10.4. The SMILES string of the molecule is C=C.Cc1cccc(C)c1C(=O)[O-].[K+]. The number of carbonyl (C=O) groups excluding carboxylic acids is 1. The Kier molecular flexibility index (Phi) is 9.87. The third-order valence-electron chi connectivity index (χ3n) is 1.69. The van der Waals surface area contributed by atoms with Gasteiger partial charge in [0.05, 0.1) is 5.97 Å². The van der Waals surface area contributed by atoms with Crippen LogP contribution in [0.4, 0.5) is 0 Å². The van der Waals surface area contributed by atoms with E-state index in [9.17, 15) is 9.90 Å². The Morgan fingerprint density at radius 1 is 1.21 bits per heavy atom. The van der Waals surface area contributed by atoms with Crippen molar-refractivity contribution in [1.82, 2.24) is 0 Å². The second kappa shape index (κ2) is 8.38. The fraction of sp³-hybridized carbons (Fsp3) is 0.182. The molecule has 2 nitrogen and oxygen atoms in total. The topological polar surface area (TPSA) is 40.1 Å². The van der Waals surface area contributed by atoms with E-state index in [1.165, 1.54) is 0 Å². The zero-order valence-electron chi connectivity index (χ0n) is 8.96. The Labute approximate surface area is 127 Å². The summed E-state index contributed by atoms with van der Waals surface area (Å²) >= 11 is 0. The molecular weight excluding hydrogens is 203 g/mol. The normalized spacial score (nSPS) is 7.86. The summed E-state index contributed by atoms with van der Waals surface area (Å²) in [4.78, 5) is 10.5. The van der Waals surface area contributed by atoms with Crippen molar-refractivity contribution in [2.24, 2.45) is 0 Å². The van der Waals surface area contributed by atoms with Gasteiger partial charge in [-0.2, -0.15) is 0 Å². The van der Waals surface area contributed by atoms with Crippen LogP contribution in [0.15, 0.2) is 31.4 Å². The van der Waals surface area contributed by atoms with Crippen molar-refractivity contribution in [2.75, 3.05) is 0 Å². The molecule has 0 radical (unpaired) electrons. The van der Waals surface area contributed by atoms with Crippen LogP contribution in [0.1, 0.15) is 21.5 Å². The number of aryl methyl sites for hydroxylation is 2. The van der Waals surface area contributed by atoms with Crippen LogP contribution in [0.5, 0.6) is 0 Å². The van der Waals surface area contributed by atoms with Crippen LogP contribution in [0, 0.1) is 13.8 Å². The second-order valence-electron chi connectivity index (χ2n) is 2.55. The molecule has 3 heteroatoms. The van der Waals surface area contributed by atoms with Crippen molar-refractivity contribution in [1.29, 1.82) is 0 Å². The van der Waals surface area contributed by atoms with Crippen LogP contribution in [-0.4, -0.2) is 5.97 Å². The van der Waals surface area contributed by atoms with Crippen molar-refractivity contribution in [2.45, 2.75) is 13.8 Å². The molecule has 0 aromatic heterocycles. The molecule has 1 aromatic rings. The number of hydrogen-bond donors (Lipinski definition) is 0. The van der Waals surface area contributed by atoms with Gasteiger partial charge < -0.3 is 9.90 Å². The monoisotopic (exact) mass is 216 g/mol. The quantitative estimate of drug-likeness (QED) is 0.422. The predicted molar refractivity (Wildman–Crippen MR) is 51.5 cm³/mol. The summed E-state index contributed by atoms with van der Waals surface area (Å²) < 4.78 is 0. The molecule has 0 amide bonds. The van der Waals surface area contributed by atoms with Crippen molar-refractivity contribution >= 4 is 5.97 Å². The average Bonchev–Trinajstić information content (AvgIpc) is 2.07. The summed E-state index contributed by atoms with van der Waals surface area (Å²) in [6.45, 7) is 9.52. The maximum absolute atomic E-state index is 10.5. The molecule has 0 saturated heterocycles. The number of carbonyl (C=O) groups is 1. The Bertz CT molecular complexity index is 288. The molecule has 0 aliphatic carbocycles. The number of aromatic carboxylic acids is 1. The van der Waals surface area contributed by atoms with E-state index in [0.29, 0.717) is 5.56 Å². The summed E-state index contributed by atoms with van der Waals surface area (Å²) in [6, 6.07) is 5.35.